The lowest BCUT2D eigenvalue weighted by molar-refractivity contribution is -0.144. The quantitative estimate of drug-likeness (QED) is 0.623. The zero-order chi connectivity index (χ0) is 14.3. The maximum atomic E-state index is 12.2. The Kier molecular flexibility index (Phi) is 6.25. The van der Waals surface area contributed by atoms with E-state index in [1.165, 1.54) is 12.2 Å². The van der Waals surface area contributed by atoms with Crippen LogP contribution in [0.25, 0.3) is 0 Å². The fourth-order valence-corrected chi connectivity index (χ4v) is 1.88. The summed E-state index contributed by atoms with van der Waals surface area (Å²) < 4.78 is 0. The lowest BCUT2D eigenvalue weighted by Crippen LogP contribution is -2.43. The molecule has 5 heteroatoms. The fraction of sp³-hybridized carbons (Fsp3) is 0.643. The van der Waals surface area contributed by atoms with Gasteiger partial charge < -0.3 is 4.90 Å². The van der Waals surface area contributed by atoms with Crippen molar-refractivity contribution in [2.45, 2.75) is 39.5 Å². The Morgan fingerprint density at radius 1 is 1.05 bits per heavy atom. The van der Waals surface area contributed by atoms with E-state index in [-0.39, 0.29) is 12.5 Å². The number of rotatable bonds is 8. The third-order valence-corrected chi connectivity index (χ3v) is 3.11. The number of carbonyl (C=O) groups is 3. The Bertz CT molecular complexity index is 351. The summed E-state index contributed by atoms with van der Waals surface area (Å²) in [6.07, 6.45) is 6.32. The van der Waals surface area contributed by atoms with Gasteiger partial charge in [0.05, 0.1) is 0 Å². The number of carbonyl (C=O) groups excluding carboxylic acids is 3. The molecule has 1 heterocycles. The van der Waals surface area contributed by atoms with Crippen molar-refractivity contribution in [3.8, 4) is 0 Å². The molecule has 0 atom stereocenters. The minimum atomic E-state index is -0.399. The van der Waals surface area contributed by atoms with Crippen LogP contribution in [0.1, 0.15) is 39.5 Å². The topological polar surface area (TPSA) is 57.7 Å². The van der Waals surface area contributed by atoms with Gasteiger partial charge in [-0.25, -0.2) is 0 Å². The summed E-state index contributed by atoms with van der Waals surface area (Å²) in [5.74, 6) is -0.944. The van der Waals surface area contributed by atoms with Crippen LogP contribution >= 0.6 is 0 Å². The Morgan fingerprint density at radius 2 is 1.53 bits per heavy atom. The van der Waals surface area contributed by atoms with E-state index in [1.54, 1.807) is 4.90 Å². The van der Waals surface area contributed by atoms with E-state index in [1.807, 2.05) is 0 Å². The maximum Gasteiger partial charge on any atom is 0.254 e. The second-order valence-corrected chi connectivity index (χ2v) is 4.68. The van der Waals surface area contributed by atoms with Crippen LogP contribution in [0, 0.1) is 0 Å². The van der Waals surface area contributed by atoms with Crippen LogP contribution in [-0.4, -0.2) is 47.2 Å². The number of amides is 3. The van der Waals surface area contributed by atoms with Gasteiger partial charge in [0.2, 0.25) is 5.91 Å². The first kappa shape index (κ1) is 15.4. The van der Waals surface area contributed by atoms with Crippen LogP contribution < -0.4 is 0 Å². The molecule has 0 unspecified atom stereocenters. The van der Waals surface area contributed by atoms with E-state index in [2.05, 4.69) is 13.8 Å². The monoisotopic (exact) mass is 266 g/mol. The zero-order valence-corrected chi connectivity index (χ0v) is 11.7. The van der Waals surface area contributed by atoms with Crippen molar-refractivity contribution in [2.24, 2.45) is 0 Å². The number of hydrogen-bond donors (Lipinski definition) is 0. The van der Waals surface area contributed by atoms with Crippen LogP contribution in [0.4, 0.5) is 0 Å². The van der Waals surface area contributed by atoms with Crippen molar-refractivity contribution in [3.05, 3.63) is 12.2 Å². The molecular formula is C14H22N2O3. The standard InChI is InChI=1S/C14H22N2O3/c1-3-5-9-15(10-6-4-2)14(19)11-16-12(17)7-8-13(16)18/h7-8H,3-6,9-11H2,1-2H3. The molecule has 1 aliphatic heterocycles. The molecule has 0 bridgehead atoms. The first-order valence-electron chi connectivity index (χ1n) is 6.91. The van der Waals surface area contributed by atoms with Crippen molar-refractivity contribution in [2.75, 3.05) is 19.6 Å². The van der Waals surface area contributed by atoms with E-state index in [0.29, 0.717) is 13.1 Å². The number of nitrogens with zero attached hydrogens (tertiary/aromatic N) is 2. The number of hydrogen-bond acceptors (Lipinski definition) is 3. The predicted molar refractivity (Wildman–Crippen MR) is 72.3 cm³/mol. The van der Waals surface area contributed by atoms with Crippen molar-refractivity contribution >= 4 is 17.7 Å². The molecule has 0 aliphatic carbocycles. The molecule has 5 nitrogen and oxygen atoms in total. The fourth-order valence-electron chi connectivity index (χ4n) is 1.88. The van der Waals surface area contributed by atoms with Gasteiger partial charge in [-0.3, -0.25) is 19.3 Å². The Labute approximate surface area is 114 Å². The first-order valence-corrected chi connectivity index (χ1v) is 6.91. The third kappa shape index (κ3) is 4.50. The van der Waals surface area contributed by atoms with E-state index >= 15 is 0 Å². The average Bonchev–Trinajstić information content (AvgIpc) is 2.70. The molecular weight excluding hydrogens is 244 g/mol. The summed E-state index contributed by atoms with van der Waals surface area (Å²) in [5, 5.41) is 0. The van der Waals surface area contributed by atoms with Gasteiger partial charge in [0.1, 0.15) is 6.54 Å². The van der Waals surface area contributed by atoms with E-state index < -0.39 is 11.8 Å². The van der Waals surface area contributed by atoms with Gasteiger partial charge in [-0.05, 0) is 12.8 Å². The smallest absolute Gasteiger partial charge is 0.254 e. The molecule has 0 N–H and O–H groups in total. The molecule has 106 valence electrons. The van der Waals surface area contributed by atoms with Crippen LogP contribution in [0.2, 0.25) is 0 Å². The molecule has 0 aromatic rings. The Hall–Kier alpha value is -1.65. The minimum absolute atomic E-state index is 0.141. The largest absolute Gasteiger partial charge is 0.341 e. The lowest BCUT2D eigenvalue weighted by Gasteiger charge is -2.24. The van der Waals surface area contributed by atoms with Crippen molar-refractivity contribution < 1.29 is 14.4 Å². The number of unbranched alkanes of at least 4 members (excludes halogenated alkanes) is 2. The third-order valence-electron chi connectivity index (χ3n) is 3.11. The minimum Gasteiger partial charge on any atom is -0.341 e. The first-order chi connectivity index (χ1) is 9.10. The van der Waals surface area contributed by atoms with E-state index in [0.717, 1.165) is 30.6 Å². The summed E-state index contributed by atoms with van der Waals surface area (Å²) in [7, 11) is 0. The van der Waals surface area contributed by atoms with E-state index in [9.17, 15) is 14.4 Å². The second-order valence-electron chi connectivity index (χ2n) is 4.68. The summed E-state index contributed by atoms with van der Waals surface area (Å²) >= 11 is 0. The van der Waals surface area contributed by atoms with Crippen LogP contribution in [-0.2, 0) is 14.4 Å². The van der Waals surface area contributed by atoms with Crippen LogP contribution in [0.15, 0.2) is 12.2 Å². The van der Waals surface area contributed by atoms with Gasteiger partial charge in [-0.2, -0.15) is 0 Å². The molecule has 0 fully saturated rings. The molecule has 19 heavy (non-hydrogen) atoms. The average molecular weight is 266 g/mol. The van der Waals surface area contributed by atoms with Gasteiger partial charge in [-0.15, -0.1) is 0 Å². The SMILES string of the molecule is CCCCN(CCCC)C(=O)CN1C(=O)C=CC1=O. The lowest BCUT2D eigenvalue weighted by atomic mass is 10.2. The molecule has 0 saturated carbocycles. The Balaban J connectivity index is 2.55. The van der Waals surface area contributed by atoms with Gasteiger partial charge in [0.25, 0.3) is 11.8 Å². The highest BCUT2D eigenvalue weighted by atomic mass is 16.2. The van der Waals surface area contributed by atoms with Crippen molar-refractivity contribution in [3.63, 3.8) is 0 Å². The Morgan fingerprint density at radius 3 is 1.95 bits per heavy atom. The highest BCUT2D eigenvalue weighted by molar-refractivity contribution is 6.14. The van der Waals surface area contributed by atoms with Gasteiger partial charge in [0.15, 0.2) is 0 Å². The molecule has 1 rings (SSSR count). The second kappa shape index (κ2) is 7.71. The van der Waals surface area contributed by atoms with Crippen LogP contribution in [0.3, 0.4) is 0 Å². The van der Waals surface area contributed by atoms with Gasteiger partial charge in [-0.1, -0.05) is 26.7 Å². The summed E-state index contributed by atoms with van der Waals surface area (Å²) in [5.41, 5.74) is 0. The molecule has 0 aromatic heterocycles. The molecule has 0 saturated heterocycles. The highest BCUT2D eigenvalue weighted by Gasteiger charge is 2.27. The van der Waals surface area contributed by atoms with Crippen LogP contribution in [0.5, 0.6) is 0 Å². The molecule has 3 amide bonds. The zero-order valence-electron chi connectivity index (χ0n) is 11.7. The van der Waals surface area contributed by atoms with Gasteiger partial charge >= 0.3 is 0 Å². The molecule has 0 spiro atoms. The summed E-state index contributed by atoms with van der Waals surface area (Å²) in [6.45, 7) is 5.38. The summed E-state index contributed by atoms with van der Waals surface area (Å²) in [4.78, 5) is 37.7. The van der Waals surface area contributed by atoms with Crippen molar-refractivity contribution in [1.82, 2.24) is 9.80 Å². The highest BCUT2D eigenvalue weighted by Crippen LogP contribution is 2.06. The maximum absolute atomic E-state index is 12.2. The normalized spacial score (nSPS) is 14.3. The summed E-state index contributed by atoms with van der Waals surface area (Å²) in [6, 6.07) is 0. The van der Waals surface area contributed by atoms with Gasteiger partial charge in [0, 0.05) is 25.2 Å². The van der Waals surface area contributed by atoms with E-state index in [4.69, 9.17) is 0 Å². The number of imide groups is 1. The molecule has 1 aliphatic rings. The molecule has 0 radical (unpaired) electrons. The molecule has 0 aromatic carbocycles. The predicted octanol–water partition coefficient (Wildman–Crippen LogP) is 1.34. The van der Waals surface area contributed by atoms with Crippen molar-refractivity contribution in [1.29, 1.82) is 0 Å².